The number of sulfonamides is 1. The second kappa shape index (κ2) is 9.35. The van der Waals surface area contributed by atoms with Crippen LogP contribution in [0.25, 0.3) is 0 Å². The van der Waals surface area contributed by atoms with Gasteiger partial charge in [0.05, 0.1) is 12.0 Å². The van der Waals surface area contributed by atoms with Gasteiger partial charge in [0.15, 0.2) is 0 Å². The first kappa shape index (κ1) is 19.9. The molecule has 0 aliphatic heterocycles. The zero-order chi connectivity index (χ0) is 19.0. The second-order valence-corrected chi connectivity index (χ2v) is 7.54. The Morgan fingerprint density at radius 2 is 1.88 bits per heavy atom. The molecule has 0 aliphatic rings. The molecule has 2 rings (SSSR count). The van der Waals surface area contributed by atoms with Gasteiger partial charge < -0.3 is 10.1 Å². The lowest BCUT2D eigenvalue weighted by molar-refractivity contribution is 0.0953. The van der Waals surface area contributed by atoms with Gasteiger partial charge in [0.1, 0.15) is 5.75 Å². The minimum absolute atomic E-state index is 0.0514. The largest absolute Gasteiger partial charge is 0.496 e. The highest BCUT2D eigenvalue weighted by Crippen LogP contribution is 2.18. The lowest BCUT2D eigenvalue weighted by atomic mass is 10.2. The molecule has 7 heteroatoms. The molecule has 140 valence electrons. The number of methoxy groups -OCH3 is 1. The van der Waals surface area contributed by atoms with Crippen molar-refractivity contribution < 1.29 is 17.9 Å². The molecule has 0 saturated carbocycles. The van der Waals surface area contributed by atoms with Crippen molar-refractivity contribution in [2.45, 2.75) is 31.2 Å². The third kappa shape index (κ3) is 5.31. The molecule has 0 aliphatic carbocycles. The number of ether oxygens (including phenoxy) is 1. The SMILES string of the molecule is CCCCNC(=O)c1cccc(S(=O)(=O)NCc2ccccc2OC)c1. The summed E-state index contributed by atoms with van der Waals surface area (Å²) in [6, 6.07) is 13.2. The Balaban J connectivity index is 2.11. The van der Waals surface area contributed by atoms with Crippen LogP contribution < -0.4 is 14.8 Å². The van der Waals surface area contributed by atoms with Crippen LogP contribution in [0.4, 0.5) is 0 Å². The fourth-order valence-electron chi connectivity index (χ4n) is 2.39. The number of hydrogen-bond acceptors (Lipinski definition) is 4. The van der Waals surface area contributed by atoms with Gasteiger partial charge in [-0.1, -0.05) is 37.6 Å². The van der Waals surface area contributed by atoms with E-state index in [1.165, 1.54) is 19.2 Å². The maximum Gasteiger partial charge on any atom is 0.251 e. The van der Waals surface area contributed by atoms with Gasteiger partial charge in [0.2, 0.25) is 10.0 Å². The first-order chi connectivity index (χ1) is 12.5. The van der Waals surface area contributed by atoms with Crippen LogP contribution in [-0.2, 0) is 16.6 Å². The van der Waals surface area contributed by atoms with Crippen molar-refractivity contribution in [3.63, 3.8) is 0 Å². The molecule has 26 heavy (non-hydrogen) atoms. The van der Waals surface area contributed by atoms with E-state index in [1.54, 1.807) is 24.3 Å². The van der Waals surface area contributed by atoms with E-state index < -0.39 is 10.0 Å². The fourth-order valence-corrected chi connectivity index (χ4v) is 3.44. The van der Waals surface area contributed by atoms with Crippen LogP contribution in [0.2, 0.25) is 0 Å². The van der Waals surface area contributed by atoms with Crippen LogP contribution in [0.5, 0.6) is 5.75 Å². The van der Waals surface area contributed by atoms with Crippen molar-refractivity contribution in [1.29, 1.82) is 0 Å². The number of rotatable bonds is 9. The van der Waals surface area contributed by atoms with Gasteiger partial charge in [-0.05, 0) is 30.7 Å². The van der Waals surface area contributed by atoms with Crippen molar-refractivity contribution >= 4 is 15.9 Å². The van der Waals surface area contributed by atoms with E-state index in [1.807, 2.05) is 19.1 Å². The molecular formula is C19H24N2O4S. The maximum atomic E-state index is 12.6. The Morgan fingerprint density at radius 3 is 2.62 bits per heavy atom. The molecule has 0 aromatic heterocycles. The second-order valence-electron chi connectivity index (χ2n) is 5.77. The molecule has 1 amide bonds. The normalized spacial score (nSPS) is 11.2. The summed E-state index contributed by atoms with van der Waals surface area (Å²) in [7, 11) is -2.21. The molecule has 6 nitrogen and oxygen atoms in total. The fraction of sp³-hybridized carbons (Fsp3) is 0.316. The summed E-state index contributed by atoms with van der Waals surface area (Å²) < 4.78 is 32.9. The number of unbranched alkanes of at least 4 members (excludes halogenated alkanes) is 1. The number of hydrogen-bond donors (Lipinski definition) is 2. The zero-order valence-corrected chi connectivity index (χ0v) is 15.8. The summed E-state index contributed by atoms with van der Waals surface area (Å²) in [4.78, 5) is 12.2. The molecule has 2 aromatic carbocycles. The lowest BCUT2D eigenvalue weighted by Crippen LogP contribution is -2.26. The smallest absolute Gasteiger partial charge is 0.251 e. The Bertz CT molecular complexity index is 850. The lowest BCUT2D eigenvalue weighted by Gasteiger charge is -2.11. The number of carbonyl (C=O) groups excluding carboxylic acids is 1. The van der Waals surface area contributed by atoms with Crippen LogP contribution >= 0.6 is 0 Å². The van der Waals surface area contributed by atoms with Crippen molar-refractivity contribution in [2.75, 3.05) is 13.7 Å². The Hall–Kier alpha value is -2.38. The standard InChI is InChI=1S/C19H24N2O4S/c1-3-4-12-20-19(22)15-9-7-10-17(13-15)26(23,24)21-14-16-8-5-6-11-18(16)25-2/h5-11,13,21H,3-4,12,14H2,1-2H3,(H,20,22). The van der Waals surface area contributed by atoms with E-state index >= 15 is 0 Å². The van der Waals surface area contributed by atoms with Crippen molar-refractivity contribution in [1.82, 2.24) is 10.0 Å². The summed E-state index contributed by atoms with van der Waals surface area (Å²) in [5.74, 6) is 0.333. The summed E-state index contributed by atoms with van der Waals surface area (Å²) in [5, 5.41) is 2.78. The van der Waals surface area contributed by atoms with Crippen LogP contribution in [-0.4, -0.2) is 28.0 Å². The summed E-state index contributed by atoms with van der Waals surface area (Å²) in [6.07, 6.45) is 1.85. The zero-order valence-electron chi connectivity index (χ0n) is 15.0. The minimum atomic E-state index is -3.75. The van der Waals surface area contributed by atoms with Crippen molar-refractivity contribution in [3.8, 4) is 5.75 Å². The summed E-state index contributed by atoms with van der Waals surface area (Å²) in [5.41, 5.74) is 1.05. The molecule has 0 saturated heterocycles. The van der Waals surface area contributed by atoms with Gasteiger partial charge in [-0.25, -0.2) is 13.1 Å². The maximum absolute atomic E-state index is 12.6. The molecule has 2 N–H and O–H groups in total. The van der Waals surface area contributed by atoms with E-state index in [0.717, 1.165) is 18.4 Å². The number of carbonyl (C=O) groups is 1. The van der Waals surface area contributed by atoms with Crippen molar-refractivity contribution in [3.05, 3.63) is 59.7 Å². The average molecular weight is 376 g/mol. The van der Waals surface area contributed by atoms with Crippen LogP contribution in [0.15, 0.2) is 53.4 Å². The van der Waals surface area contributed by atoms with Crippen molar-refractivity contribution in [2.24, 2.45) is 0 Å². The van der Waals surface area contributed by atoms with E-state index in [4.69, 9.17) is 4.74 Å². The number of nitrogens with one attached hydrogen (secondary N) is 2. The number of para-hydroxylation sites is 1. The Kier molecular flexibility index (Phi) is 7.17. The van der Waals surface area contributed by atoms with Gasteiger partial charge in [-0.2, -0.15) is 0 Å². The first-order valence-corrected chi connectivity index (χ1v) is 9.96. The third-order valence-corrected chi connectivity index (χ3v) is 5.27. The highest BCUT2D eigenvalue weighted by molar-refractivity contribution is 7.89. The van der Waals surface area contributed by atoms with E-state index in [0.29, 0.717) is 17.9 Å². The third-order valence-electron chi connectivity index (χ3n) is 3.87. The van der Waals surface area contributed by atoms with Gasteiger partial charge in [-0.15, -0.1) is 0 Å². The van der Waals surface area contributed by atoms with Gasteiger partial charge in [0, 0.05) is 24.2 Å². The summed E-state index contributed by atoms with van der Waals surface area (Å²) >= 11 is 0. The van der Waals surface area contributed by atoms with Gasteiger partial charge in [0.25, 0.3) is 5.91 Å². The molecule has 0 atom stereocenters. The predicted octanol–water partition coefficient (Wildman–Crippen LogP) is 2.70. The predicted molar refractivity (Wildman–Crippen MR) is 101 cm³/mol. The monoisotopic (exact) mass is 376 g/mol. The van der Waals surface area contributed by atoms with Gasteiger partial charge in [-0.3, -0.25) is 4.79 Å². The quantitative estimate of drug-likeness (QED) is 0.659. The average Bonchev–Trinajstić information content (AvgIpc) is 2.67. The highest BCUT2D eigenvalue weighted by Gasteiger charge is 2.17. The van der Waals surface area contributed by atoms with E-state index in [2.05, 4.69) is 10.0 Å². The van der Waals surface area contributed by atoms with E-state index in [-0.39, 0.29) is 17.3 Å². The molecule has 0 spiro atoms. The molecular weight excluding hydrogens is 352 g/mol. The Labute approximate surface area is 154 Å². The molecule has 0 fully saturated rings. The molecule has 0 unspecified atom stereocenters. The van der Waals surface area contributed by atoms with Gasteiger partial charge >= 0.3 is 0 Å². The first-order valence-electron chi connectivity index (χ1n) is 8.47. The van der Waals surface area contributed by atoms with Crippen LogP contribution in [0.1, 0.15) is 35.7 Å². The molecule has 0 radical (unpaired) electrons. The highest BCUT2D eigenvalue weighted by atomic mass is 32.2. The molecule has 0 bridgehead atoms. The summed E-state index contributed by atoms with van der Waals surface area (Å²) in [6.45, 7) is 2.70. The molecule has 2 aromatic rings. The van der Waals surface area contributed by atoms with Crippen LogP contribution in [0, 0.1) is 0 Å². The topological polar surface area (TPSA) is 84.5 Å². The van der Waals surface area contributed by atoms with E-state index in [9.17, 15) is 13.2 Å². The number of benzene rings is 2. The Morgan fingerprint density at radius 1 is 1.12 bits per heavy atom. The van der Waals surface area contributed by atoms with Crippen LogP contribution in [0.3, 0.4) is 0 Å². The number of amides is 1. The minimum Gasteiger partial charge on any atom is -0.496 e. The molecule has 0 heterocycles.